The Hall–Kier alpha value is -8.15. The molecule has 63 heavy (non-hydrogen) atoms. The molecular formula is C58H40N4O. The smallest absolute Gasteiger partial charge is 0.164 e. The Morgan fingerprint density at radius 3 is 1.65 bits per heavy atom. The lowest BCUT2D eigenvalue weighted by Crippen LogP contribution is -2.16. The van der Waals surface area contributed by atoms with Gasteiger partial charge in [0.05, 0.1) is 0 Å². The predicted octanol–water partition coefficient (Wildman–Crippen LogP) is 15.4. The van der Waals surface area contributed by atoms with E-state index in [9.17, 15) is 0 Å². The Morgan fingerprint density at radius 1 is 0.365 bits per heavy atom. The molecule has 0 saturated carbocycles. The Balaban J connectivity index is 0.993. The predicted molar refractivity (Wildman–Crippen MR) is 259 cm³/mol. The van der Waals surface area contributed by atoms with E-state index in [0.29, 0.717) is 17.5 Å². The molecule has 1 aliphatic rings. The highest BCUT2D eigenvalue weighted by atomic mass is 16.3. The molecule has 0 fully saturated rings. The van der Waals surface area contributed by atoms with Gasteiger partial charge in [0.1, 0.15) is 11.2 Å². The molecule has 0 unspecified atom stereocenters. The number of fused-ring (bicyclic) bond motifs is 8. The van der Waals surface area contributed by atoms with Gasteiger partial charge in [-0.25, -0.2) is 15.0 Å². The monoisotopic (exact) mass is 808 g/mol. The summed E-state index contributed by atoms with van der Waals surface area (Å²) in [5.41, 5.74) is 15.2. The van der Waals surface area contributed by atoms with Crippen LogP contribution in [0.2, 0.25) is 0 Å². The third-order valence-corrected chi connectivity index (χ3v) is 12.7. The normalized spacial score (nSPS) is 12.7. The molecule has 0 amide bonds. The van der Waals surface area contributed by atoms with Crippen LogP contribution >= 0.6 is 0 Å². The SMILES string of the molecule is CC1(C)c2ccccc2-c2ccc(N(c3ccccc3)c3ccc(-c4ccc5c(-c6nc(-c7ccccc7)nc(-c7ccccc7)n6)cc6c7ccccc7oc6c5c4)cc3)cc21. The minimum Gasteiger partial charge on any atom is -0.455 e. The van der Waals surface area contributed by atoms with Gasteiger partial charge in [0.15, 0.2) is 17.5 Å². The topological polar surface area (TPSA) is 55.1 Å². The lowest BCUT2D eigenvalue weighted by molar-refractivity contribution is 0.660. The Kier molecular flexibility index (Phi) is 8.44. The minimum absolute atomic E-state index is 0.104. The highest BCUT2D eigenvalue weighted by Gasteiger charge is 2.35. The maximum Gasteiger partial charge on any atom is 0.164 e. The molecule has 2 aromatic heterocycles. The van der Waals surface area contributed by atoms with Crippen LogP contribution < -0.4 is 4.90 Å². The average Bonchev–Trinajstić information content (AvgIpc) is 3.84. The summed E-state index contributed by atoms with van der Waals surface area (Å²) in [6, 6.07) is 72.6. The number of rotatable bonds is 7. The second-order valence-electron chi connectivity index (χ2n) is 16.8. The van der Waals surface area contributed by atoms with Crippen molar-refractivity contribution in [3.8, 4) is 56.4 Å². The van der Waals surface area contributed by atoms with Crippen molar-refractivity contribution in [1.82, 2.24) is 15.0 Å². The molecule has 0 bridgehead atoms. The molecule has 2 heterocycles. The van der Waals surface area contributed by atoms with Gasteiger partial charge in [-0.15, -0.1) is 0 Å². The standard InChI is InChI=1S/C58H40N4O/c1-58(2)51-24-14-12-22-45(51)46-33-31-43(35-52(46)58)62(41-20-10-5-11-21-41)42-29-26-37(27-30-42)40-28-32-44-48(34-40)54-49(47-23-13-15-25-53(47)63-54)36-50(44)57-60-55(38-16-6-3-7-17-38)59-56(61-57)39-18-8-4-9-19-39/h3-36H,1-2H3. The molecule has 1 aliphatic carbocycles. The first-order valence-corrected chi connectivity index (χ1v) is 21.4. The summed E-state index contributed by atoms with van der Waals surface area (Å²) in [4.78, 5) is 17.7. The molecule has 9 aromatic carbocycles. The number of nitrogens with zero attached hydrogens (tertiary/aromatic N) is 4. The number of hydrogen-bond donors (Lipinski definition) is 0. The number of aromatic nitrogens is 3. The van der Waals surface area contributed by atoms with Gasteiger partial charge in [0.25, 0.3) is 0 Å². The van der Waals surface area contributed by atoms with Crippen LogP contribution in [0.25, 0.3) is 89.1 Å². The first-order valence-electron chi connectivity index (χ1n) is 21.4. The first kappa shape index (κ1) is 36.7. The summed E-state index contributed by atoms with van der Waals surface area (Å²) < 4.78 is 6.69. The van der Waals surface area contributed by atoms with Gasteiger partial charge in [0, 0.05) is 55.3 Å². The lowest BCUT2D eigenvalue weighted by atomic mass is 9.82. The molecule has 0 spiro atoms. The number of furan rings is 1. The van der Waals surface area contributed by atoms with Crippen LogP contribution in [0.1, 0.15) is 25.0 Å². The van der Waals surface area contributed by atoms with E-state index in [-0.39, 0.29) is 5.41 Å². The van der Waals surface area contributed by atoms with Gasteiger partial charge >= 0.3 is 0 Å². The van der Waals surface area contributed by atoms with E-state index < -0.39 is 0 Å². The van der Waals surface area contributed by atoms with Crippen molar-refractivity contribution in [1.29, 1.82) is 0 Å². The lowest BCUT2D eigenvalue weighted by Gasteiger charge is -2.28. The second-order valence-corrected chi connectivity index (χ2v) is 16.8. The Morgan fingerprint density at radius 2 is 0.921 bits per heavy atom. The quantitative estimate of drug-likeness (QED) is 0.160. The molecule has 5 heteroatoms. The zero-order chi connectivity index (χ0) is 42.1. The van der Waals surface area contributed by atoms with Crippen molar-refractivity contribution in [2.45, 2.75) is 19.3 Å². The fraction of sp³-hybridized carbons (Fsp3) is 0.0517. The van der Waals surface area contributed by atoms with Crippen LogP contribution in [-0.4, -0.2) is 15.0 Å². The maximum atomic E-state index is 6.69. The highest BCUT2D eigenvalue weighted by Crippen LogP contribution is 2.51. The number of anilines is 3. The summed E-state index contributed by atoms with van der Waals surface area (Å²) in [6.07, 6.45) is 0. The van der Waals surface area contributed by atoms with Gasteiger partial charge < -0.3 is 9.32 Å². The zero-order valence-electron chi connectivity index (χ0n) is 34.8. The molecule has 12 rings (SSSR count). The third-order valence-electron chi connectivity index (χ3n) is 12.7. The largest absolute Gasteiger partial charge is 0.455 e. The van der Waals surface area contributed by atoms with Crippen molar-refractivity contribution in [3.63, 3.8) is 0 Å². The fourth-order valence-electron chi connectivity index (χ4n) is 9.55. The minimum atomic E-state index is -0.104. The zero-order valence-corrected chi connectivity index (χ0v) is 34.8. The van der Waals surface area contributed by atoms with Crippen molar-refractivity contribution in [2.24, 2.45) is 0 Å². The van der Waals surface area contributed by atoms with Crippen LogP contribution in [-0.2, 0) is 5.41 Å². The molecule has 0 atom stereocenters. The van der Waals surface area contributed by atoms with E-state index in [2.05, 4.69) is 152 Å². The van der Waals surface area contributed by atoms with E-state index in [1.54, 1.807) is 0 Å². The second kappa shape index (κ2) is 14.5. The van der Waals surface area contributed by atoms with Crippen LogP contribution in [0.4, 0.5) is 17.1 Å². The maximum absolute atomic E-state index is 6.69. The van der Waals surface area contributed by atoms with E-state index in [4.69, 9.17) is 19.4 Å². The molecule has 0 radical (unpaired) electrons. The van der Waals surface area contributed by atoms with E-state index in [0.717, 1.165) is 77.6 Å². The third kappa shape index (κ3) is 6.12. The first-order chi connectivity index (χ1) is 31.0. The van der Waals surface area contributed by atoms with Gasteiger partial charge in [-0.1, -0.05) is 166 Å². The molecule has 0 N–H and O–H groups in total. The average molecular weight is 809 g/mol. The van der Waals surface area contributed by atoms with Crippen molar-refractivity contribution in [2.75, 3.05) is 4.90 Å². The van der Waals surface area contributed by atoms with E-state index in [1.807, 2.05) is 72.8 Å². The highest BCUT2D eigenvalue weighted by molar-refractivity contribution is 6.19. The Bertz CT molecular complexity index is 3470. The molecule has 298 valence electrons. The molecule has 11 aromatic rings. The van der Waals surface area contributed by atoms with Gasteiger partial charge in [-0.3, -0.25) is 0 Å². The molecule has 5 nitrogen and oxygen atoms in total. The fourth-order valence-corrected chi connectivity index (χ4v) is 9.55. The summed E-state index contributed by atoms with van der Waals surface area (Å²) in [5.74, 6) is 1.86. The molecule has 0 aliphatic heterocycles. The van der Waals surface area contributed by atoms with Crippen molar-refractivity contribution in [3.05, 3.63) is 217 Å². The van der Waals surface area contributed by atoms with Crippen LogP contribution in [0.15, 0.2) is 211 Å². The van der Waals surface area contributed by atoms with Gasteiger partial charge in [0.2, 0.25) is 0 Å². The molecular weight excluding hydrogens is 769 g/mol. The van der Waals surface area contributed by atoms with Crippen molar-refractivity contribution >= 4 is 49.8 Å². The van der Waals surface area contributed by atoms with Gasteiger partial charge in [-0.2, -0.15) is 0 Å². The molecule has 0 saturated heterocycles. The summed E-state index contributed by atoms with van der Waals surface area (Å²) in [5, 5.41) is 4.06. The Labute approximate surface area is 365 Å². The van der Waals surface area contributed by atoms with Crippen LogP contribution in [0.3, 0.4) is 0 Å². The van der Waals surface area contributed by atoms with E-state index >= 15 is 0 Å². The van der Waals surface area contributed by atoms with Crippen molar-refractivity contribution < 1.29 is 4.42 Å². The van der Waals surface area contributed by atoms with Crippen LogP contribution in [0, 0.1) is 0 Å². The number of benzene rings is 9. The number of hydrogen-bond acceptors (Lipinski definition) is 5. The van der Waals surface area contributed by atoms with Crippen LogP contribution in [0.5, 0.6) is 0 Å². The number of para-hydroxylation sites is 2. The summed E-state index contributed by atoms with van der Waals surface area (Å²) in [7, 11) is 0. The summed E-state index contributed by atoms with van der Waals surface area (Å²) in [6.45, 7) is 4.67. The van der Waals surface area contributed by atoms with E-state index in [1.165, 1.54) is 22.3 Å². The van der Waals surface area contributed by atoms with Gasteiger partial charge in [-0.05, 0) is 93.4 Å². The summed E-state index contributed by atoms with van der Waals surface area (Å²) >= 11 is 0.